The van der Waals surface area contributed by atoms with Crippen LogP contribution in [0.4, 0.5) is 4.79 Å². The van der Waals surface area contributed by atoms with Gasteiger partial charge in [0.15, 0.2) is 0 Å². The van der Waals surface area contributed by atoms with Crippen LogP contribution in [-0.2, 0) is 6.54 Å². The summed E-state index contributed by atoms with van der Waals surface area (Å²) >= 11 is 1.71. The quantitative estimate of drug-likeness (QED) is 0.809. The fourth-order valence-electron chi connectivity index (χ4n) is 2.11. The molecule has 0 aliphatic heterocycles. The van der Waals surface area contributed by atoms with E-state index in [1.807, 2.05) is 37.4 Å². The fraction of sp³-hybridized carbons (Fsp3) is 0.278. The highest BCUT2D eigenvalue weighted by molar-refractivity contribution is 7.98. The summed E-state index contributed by atoms with van der Waals surface area (Å²) in [7, 11) is 0. The minimum Gasteiger partial charge on any atom is -0.334 e. The van der Waals surface area contributed by atoms with Gasteiger partial charge in [-0.05, 0) is 43.4 Å². The van der Waals surface area contributed by atoms with Crippen molar-refractivity contribution < 1.29 is 4.79 Å². The van der Waals surface area contributed by atoms with Crippen molar-refractivity contribution in [3.05, 3.63) is 65.2 Å². The number of carbonyl (C=O) groups excluding carboxylic acids is 1. The maximum atomic E-state index is 12.0. The first kappa shape index (κ1) is 16.4. The van der Waals surface area contributed by atoms with E-state index in [4.69, 9.17) is 0 Å². The number of thioether (sulfide) groups is 1. The second-order valence-corrected chi connectivity index (χ2v) is 6.19. The molecule has 22 heavy (non-hydrogen) atoms. The van der Waals surface area contributed by atoms with Crippen molar-refractivity contribution in [2.75, 3.05) is 6.26 Å². The van der Waals surface area contributed by atoms with Crippen LogP contribution in [-0.4, -0.2) is 12.3 Å². The number of rotatable bonds is 5. The second-order valence-electron chi connectivity index (χ2n) is 5.31. The maximum absolute atomic E-state index is 12.0. The minimum atomic E-state index is -0.151. The van der Waals surface area contributed by atoms with Gasteiger partial charge in [-0.2, -0.15) is 0 Å². The van der Waals surface area contributed by atoms with Crippen molar-refractivity contribution in [1.82, 2.24) is 10.6 Å². The van der Waals surface area contributed by atoms with Gasteiger partial charge in [-0.1, -0.05) is 42.0 Å². The van der Waals surface area contributed by atoms with E-state index in [-0.39, 0.29) is 12.1 Å². The summed E-state index contributed by atoms with van der Waals surface area (Å²) in [6, 6.07) is 16.2. The Morgan fingerprint density at radius 1 is 1.09 bits per heavy atom. The average Bonchev–Trinajstić information content (AvgIpc) is 2.54. The predicted octanol–water partition coefficient (Wildman–Crippen LogP) is 4.28. The number of hydrogen-bond donors (Lipinski definition) is 2. The van der Waals surface area contributed by atoms with Gasteiger partial charge in [0.05, 0.1) is 6.04 Å². The SMILES string of the molecule is CSc1ccc(CNC(=O)NC(C)c2ccc(C)cc2)cc1. The number of hydrogen-bond acceptors (Lipinski definition) is 2. The Morgan fingerprint density at radius 2 is 1.73 bits per heavy atom. The first-order valence-electron chi connectivity index (χ1n) is 7.32. The molecule has 2 N–H and O–H groups in total. The molecule has 0 aromatic heterocycles. The lowest BCUT2D eigenvalue weighted by molar-refractivity contribution is 0.237. The number of nitrogens with one attached hydrogen (secondary N) is 2. The van der Waals surface area contributed by atoms with Crippen LogP contribution < -0.4 is 10.6 Å². The monoisotopic (exact) mass is 314 g/mol. The predicted molar refractivity (Wildman–Crippen MR) is 93.2 cm³/mol. The molecule has 0 radical (unpaired) electrons. The third kappa shape index (κ3) is 4.81. The van der Waals surface area contributed by atoms with Crippen molar-refractivity contribution in [1.29, 1.82) is 0 Å². The smallest absolute Gasteiger partial charge is 0.315 e. The van der Waals surface area contributed by atoms with Gasteiger partial charge in [0.2, 0.25) is 0 Å². The molecule has 2 aromatic carbocycles. The Kier molecular flexibility index (Phi) is 5.90. The van der Waals surface area contributed by atoms with Crippen LogP contribution in [0.3, 0.4) is 0 Å². The van der Waals surface area contributed by atoms with E-state index >= 15 is 0 Å². The van der Waals surface area contributed by atoms with Crippen molar-refractivity contribution in [3.8, 4) is 0 Å². The standard InChI is InChI=1S/C18H22N2OS/c1-13-4-8-16(9-5-13)14(2)20-18(21)19-12-15-6-10-17(22-3)11-7-15/h4-11,14H,12H2,1-3H3,(H2,19,20,21). The highest BCUT2D eigenvalue weighted by Crippen LogP contribution is 2.15. The molecule has 2 amide bonds. The topological polar surface area (TPSA) is 41.1 Å². The molecule has 0 saturated carbocycles. The highest BCUT2D eigenvalue weighted by Gasteiger charge is 2.08. The van der Waals surface area contributed by atoms with Gasteiger partial charge in [-0.25, -0.2) is 4.79 Å². The van der Waals surface area contributed by atoms with E-state index in [1.54, 1.807) is 11.8 Å². The molecule has 3 nitrogen and oxygen atoms in total. The molecule has 4 heteroatoms. The molecule has 2 aromatic rings. The van der Waals surface area contributed by atoms with Gasteiger partial charge in [0.1, 0.15) is 0 Å². The highest BCUT2D eigenvalue weighted by atomic mass is 32.2. The van der Waals surface area contributed by atoms with Crippen molar-refractivity contribution in [3.63, 3.8) is 0 Å². The number of amides is 2. The molecule has 1 unspecified atom stereocenters. The summed E-state index contributed by atoms with van der Waals surface area (Å²) in [5.41, 5.74) is 3.41. The van der Waals surface area contributed by atoms with Crippen molar-refractivity contribution >= 4 is 17.8 Å². The summed E-state index contributed by atoms with van der Waals surface area (Å²) in [5, 5.41) is 5.85. The Balaban J connectivity index is 1.83. The molecule has 116 valence electrons. The van der Waals surface area contributed by atoms with Crippen LogP contribution in [0, 0.1) is 6.92 Å². The molecule has 1 atom stereocenters. The average molecular weight is 314 g/mol. The molecular weight excluding hydrogens is 292 g/mol. The lowest BCUT2D eigenvalue weighted by Crippen LogP contribution is -2.36. The third-order valence-electron chi connectivity index (χ3n) is 3.54. The van der Waals surface area contributed by atoms with Crippen LogP contribution in [0.2, 0.25) is 0 Å². The Labute approximate surface area is 136 Å². The van der Waals surface area contributed by atoms with Gasteiger partial charge in [-0.15, -0.1) is 11.8 Å². The van der Waals surface area contributed by atoms with Crippen molar-refractivity contribution in [2.24, 2.45) is 0 Å². The maximum Gasteiger partial charge on any atom is 0.315 e. The summed E-state index contributed by atoms with van der Waals surface area (Å²) in [6.07, 6.45) is 2.05. The summed E-state index contributed by atoms with van der Waals surface area (Å²) in [6.45, 7) is 4.57. The zero-order chi connectivity index (χ0) is 15.9. The van der Waals surface area contributed by atoms with E-state index < -0.39 is 0 Å². The Bertz CT molecular complexity index is 608. The molecule has 2 rings (SSSR count). The zero-order valence-corrected chi connectivity index (χ0v) is 14.0. The molecule has 0 fully saturated rings. The van der Waals surface area contributed by atoms with Crippen LogP contribution in [0.25, 0.3) is 0 Å². The van der Waals surface area contributed by atoms with Crippen LogP contribution in [0.1, 0.15) is 29.7 Å². The number of carbonyl (C=O) groups is 1. The van der Waals surface area contributed by atoms with Gasteiger partial charge < -0.3 is 10.6 Å². The van der Waals surface area contributed by atoms with E-state index in [0.29, 0.717) is 6.54 Å². The summed E-state index contributed by atoms with van der Waals surface area (Å²) in [5.74, 6) is 0. The molecular formula is C18H22N2OS. The van der Waals surface area contributed by atoms with Gasteiger partial charge in [-0.3, -0.25) is 0 Å². The normalized spacial score (nSPS) is 11.8. The number of benzene rings is 2. The zero-order valence-electron chi connectivity index (χ0n) is 13.2. The molecule has 0 saturated heterocycles. The van der Waals surface area contributed by atoms with E-state index in [0.717, 1.165) is 11.1 Å². The molecule has 0 aliphatic rings. The molecule has 0 spiro atoms. The molecule has 0 aliphatic carbocycles. The van der Waals surface area contributed by atoms with Crippen LogP contribution >= 0.6 is 11.8 Å². The summed E-state index contributed by atoms with van der Waals surface area (Å²) in [4.78, 5) is 13.2. The Hall–Kier alpha value is -1.94. The lowest BCUT2D eigenvalue weighted by Gasteiger charge is -2.15. The number of aryl methyl sites for hydroxylation is 1. The van der Waals surface area contributed by atoms with Crippen LogP contribution in [0.15, 0.2) is 53.4 Å². The van der Waals surface area contributed by atoms with Crippen molar-refractivity contribution in [2.45, 2.75) is 31.3 Å². The largest absolute Gasteiger partial charge is 0.334 e. The van der Waals surface area contributed by atoms with E-state index in [1.165, 1.54) is 10.5 Å². The van der Waals surface area contributed by atoms with Gasteiger partial charge >= 0.3 is 6.03 Å². The third-order valence-corrected chi connectivity index (χ3v) is 4.28. The molecule has 0 bridgehead atoms. The minimum absolute atomic E-state index is 0.0144. The van der Waals surface area contributed by atoms with E-state index in [9.17, 15) is 4.79 Å². The first-order chi connectivity index (χ1) is 10.6. The second kappa shape index (κ2) is 7.90. The lowest BCUT2D eigenvalue weighted by atomic mass is 10.1. The van der Waals surface area contributed by atoms with Crippen LogP contribution in [0.5, 0.6) is 0 Å². The fourth-order valence-corrected chi connectivity index (χ4v) is 2.52. The summed E-state index contributed by atoms with van der Waals surface area (Å²) < 4.78 is 0. The van der Waals surface area contributed by atoms with Gasteiger partial charge in [0.25, 0.3) is 0 Å². The first-order valence-corrected chi connectivity index (χ1v) is 8.55. The number of urea groups is 1. The van der Waals surface area contributed by atoms with Gasteiger partial charge in [0, 0.05) is 11.4 Å². The molecule has 0 heterocycles. The van der Waals surface area contributed by atoms with E-state index in [2.05, 4.69) is 41.8 Å². The Morgan fingerprint density at radius 3 is 2.32 bits per heavy atom.